The number of piperidine rings is 1. The number of likely N-dealkylation sites (tertiary alicyclic amines) is 1. The van der Waals surface area contributed by atoms with Crippen LogP contribution in [0, 0.1) is 23.1 Å². The Labute approximate surface area is 214 Å². The van der Waals surface area contributed by atoms with Gasteiger partial charge < -0.3 is 25.8 Å². The van der Waals surface area contributed by atoms with Crippen LogP contribution in [-0.2, 0) is 4.74 Å². The van der Waals surface area contributed by atoms with E-state index in [0.717, 1.165) is 19.6 Å². The van der Waals surface area contributed by atoms with Gasteiger partial charge in [0.05, 0.1) is 31.7 Å². The van der Waals surface area contributed by atoms with E-state index in [9.17, 15) is 24.3 Å². The van der Waals surface area contributed by atoms with Gasteiger partial charge in [-0.25, -0.2) is 9.18 Å². The smallest absolute Gasteiger partial charge is 0.407 e. The summed E-state index contributed by atoms with van der Waals surface area (Å²) in [4.78, 5) is 27.9. The molecule has 4 N–H and O–H groups in total. The minimum Gasteiger partial charge on any atom is -0.465 e. The highest BCUT2D eigenvalue weighted by Crippen LogP contribution is 2.36. The highest BCUT2D eigenvalue weighted by molar-refractivity contribution is 5.98. The second kappa shape index (κ2) is 12.0. The van der Waals surface area contributed by atoms with Gasteiger partial charge in [-0.3, -0.25) is 14.4 Å². The van der Waals surface area contributed by atoms with E-state index in [1.54, 1.807) is 4.68 Å². The third-order valence-electron chi connectivity index (χ3n) is 7.17. The molecule has 2 aromatic rings. The molecule has 3 heterocycles. The molecule has 3 atom stereocenters. The molecule has 37 heavy (non-hydrogen) atoms. The maximum atomic E-state index is 13.3. The van der Waals surface area contributed by atoms with Crippen molar-refractivity contribution < 1.29 is 23.8 Å². The van der Waals surface area contributed by atoms with Crippen LogP contribution in [0.5, 0.6) is 0 Å². The number of carbonyl (C=O) groups is 2. The third-order valence-corrected chi connectivity index (χ3v) is 7.17. The molecule has 0 saturated carbocycles. The molecule has 4 rings (SSSR count). The van der Waals surface area contributed by atoms with Crippen LogP contribution in [0.25, 0.3) is 0 Å². The number of nitriles is 1. The standard InChI is InChI=1S/C25H32FN7O4/c26-18-1-3-19(4-2-18)29-24-21(23(28)34)16-33(30-24)22(5-8-27)17-6-10-32(25(35)36)20(15-17)7-9-31-11-13-37-14-12-31/h1-4,16-17,20,22H,5-7,9-15H2,(H2,28,34)(H,29,30)(H,35,36)/t17?,20?,22-/m0/s1. The molecular weight excluding hydrogens is 481 g/mol. The average molecular weight is 514 g/mol. The molecule has 12 heteroatoms. The lowest BCUT2D eigenvalue weighted by atomic mass is 9.83. The number of carboxylic acid groups (broad SMARTS) is 1. The zero-order valence-corrected chi connectivity index (χ0v) is 20.6. The summed E-state index contributed by atoms with van der Waals surface area (Å²) < 4.78 is 20.3. The van der Waals surface area contributed by atoms with E-state index in [-0.39, 0.29) is 35.8 Å². The fourth-order valence-electron chi connectivity index (χ4n) is 5.19. The van der Waals surface area contributed by atoms with Gasteiger partial charge in [0.25, 0.3) is 5.91 Å². The van der Waals surface area contributed by atoms with Crippen molar-refractivity contribution in [2.24, 2.45) is 11.7 Å². The Bertz CT molecular complexity index is 1130. The monoisotopic (exact) mass is 513 g/mol. The normalized spacial score (nSPS) is 21.2. The summed E-state index contributed by atoms with van der Waals surface area (Å²) in [6, 6.07) is 7.27. The molecule has 0 aliphatic carbocycles. The largest absolute Gasteiger partial charge is 0.465 e. The molecule has 2 saturated heterocycles. The number of halogens is 1. The van der Waals surface area contributed by atoms with Crippen LogP contribution in [0.15, 0.2) is 30.5 Å². The Hall–Kier alpha value is -3.69. The number of primary amides is 1. The summed E-state index contributed by atoms with van der Waals surface area (Å²) in [5.41, 5.74) is 6.28. The number of nitrogens with two attached hydrogens (primary N) is 1. The number of hydrogen-bond donors (Lipinski definition) is 3. The van der Waals surface area contributed by atoms with E-state index >= 15 is 0 Å². The number of morpholine rings is 1. The number of aromatic nitrogens is 2. The number of nitrogens with zero attached hydrogens (tertiary/aromatic N) is 5. The number of ether oxygens (including phenoxy) is 1. The second-order valence-corrected chi connectivity index (χ2v) is 9.45. The molecule has 198 valence electrons. The highest BCUT2D eigenvalue weighted by Gasteiger charge is 2.36. The lowest BCUT2D eigenvalue weighted by Crippen LogP contribution is -2.48. The van der Waals surface area contributed by atoms with Crippen molar-refractivity contribution in [1.82, 2.24) is 19.6 Å². The van der Waals surface area contributed by atoms with Crippen molar-refractivity contribution in [3.63, 3.8) is 0 Å². The number of hydrogen-bond acceptors (Lipinski definition) is 7. The Morgan fingerprint density at radius 2 is 2.00 bits per heavy atom. The number of carbonyl (C=O) groups excluding carboxylic acids is 1. The van der Waals surface area contributed by atoms with Gasteiger partial charge in [0, 0.05) is 44.1 Å². The summed E-state index contributed by atoms with van der Waals surface area (Å²) in [7, 11) is 0. The van der Waals surface area contributed by atoms with Crippen LogP contribution in [-0.4, -0.2) is 82.1 Å². The lowest BCUT2D eigenvalue weighted by Gasteiger charge is -2.41. The molecular formula is C25H32FN7O4. The zero-order valence-electron chi connectivity index (χ0n) is 20.6. The van der Waals surface area contributed by atoms with Gasteiger partial charge in [-0.2, -0.15) is 10.4 Å². The first-order chi connectivity index (χ1) is 17.9. The number of anilines is 2. The molecule has 2 unspecified atom stereocenters. The molecule has 0 radical (unpaired) electrons. The van der Waals surface area contributed by atoms with E-state index in [0.29, 0.717) is 44.7 Å². The molecule has 0 spiro atoms. The maximum absolute atomic E-state index is 13.3. The van der Waals surface area contributed by atoms with E-state index in [2.05, 4.69) is 21.4 Å². The van der Waals surface area contributed by atoms with Crippen molar-refractivity contribution in [1.29, 1.82) is 5.26 Å². The maximum Gasteiger partial charge on any atom is 0.407 e. The van der Waals surface area contributed by atoms with E-state index in [4.69, 9.17) is 10.5 Å². The Balaban J connectivity index is 1.54. The number of amides is 2. The van der Waals surface area contributed by atoms with Gasteiger partial charge in [0.1, 0.15) is 11.4 Å². The van der Waals surface area contributed by atoms with Crippen LogP contribution < -0.4 is 11.1 Å². The molecule has 1 aromatic carbocycles. The van der Waals surface area contributed by atoms with Crippen molar-refractivity contribution in [2.75, 3.05) is 44.7 Å². The summed E-state index contributed by atoms with van der Waals surface area (Å²) in [5.74, 6) is -0.884. The van der Waals surface area contributed by atoms with E-state index < -0.39 is 17.8 Å². The lowest BCUT2D eigenvalue weighted by molar-refractivity contribution is 0.0265. The Morgan fingerprint density at radius 1 is 1.27 bits per heavy atom. The molecule has 11 nitrogen and oxygen atoms in total. The molecule has 2 aliphatic heterocycles. The molecule has 2 amide bonds. The number of nitrogens with one attached hydrogen (secondary N) is 1. The number of rotatable bonds is 9. The minimum atomic E-state index is -0.942. The average Bonchev–Trinajstić information content (AvgIpc) is 3.31. The van der Waals surface area contributed by atoms with Gasteiger partial charge >= 0.3 is 6.09 Å². The summed E-state index contributed by atoms with van der Waals surface area (Å²) in [6.07, 6.45) is 2.56. The minimum absolute atomic E-state index is 0.0239. The molecule has 0 bridgehead atoms. The molecule has 2 aliphatic rings. The first kappa shape index (κ1) is 26.4. The van der Waals surface area contributed by atoms with Crippen LogP contribution in [0.2, 0.25) is 0 Å². The van der Waals surface area contributed by atoms with Crippen molar-refractivity contribution in [2.45, 2.75) is 37.8 Å². The van der Waals surface area contributed by atoms with E-state index in [1.807, 2.05) is 0 Å². The second-order valence-electron chi connectivity index (χ2n) is 9.45. The van der Waals surface area contributed by atoms with Gasteiger partial charge in [-0.15, -0.1) is 0 Å². The van der Waals surface area contributed by atoms with Crippen molar-refractivity contribution >= 4 is 23.5 Å². The van der Waals surface area contributed by atoms with Crippen LogP contribution in [0.4, 0.5) is 20.7 Å². The van der Waals surface area contributed by atoms with Gasteiger partial charge in [-0.1, -0.05) is 0 Å². The first-order valence-electron chi connectivity index (χ1n) is 12.4. The van der Waals surface area contributed by atoms with E-state index in [1.165, 1.54) is 35.4 Å². The fourth-order valence-corrected chi connectivity index (χ4v) is 5.19. The van der Waals surface area contributed by atoms with Crippen LogP contribution in [0.3, 0.4) is 0 Å². The summed E-state index contributed by atoms with van der Waals surface area (Å²) in [6.45, 7) is 4.14. The van der Waals surface area contributed by atoms with Gasteiger partial charge in [0.15, 0.2) is 5.82 Å². The van der Waals surface area contributed by atoms with Crippen LogP contribution >= 0.6 is 0 Å². The Kier molecular flexibility index (Phi) is 8.58. The topological polar surface area (TPSA) is 150 Å². The zero-order chi connectivity index (χ0) is 26.4. The quantitative estimate of drug-likeness (QED) is 0.463. The fraction of sp³-hybridized carbons (Fsp3) is 0.520. The SMILES string of the molecule is N#CC[C@@H](C1CCN(C(=O)O)C(CCN2CCOCC2)C1)n1cc(C(N)=O)c(Nc2ccc(F)cc2)n1. The third kappa shape index (κ3) is 6.55. The van der Waals surface area contributed by atoms with Gasteiger partial charge in [-0.05, 0) is 49.4 Å². The molecule has 1 aromatic heterocycles. The Morgan fingerprint density at radius 3 is 2.65 bits per heavy atom. The van der Waals surface area contributed by atoms with Gasteiger partial charge in [0.2, 0.25) is 0 Å². The number of benzene rings is 1. The van der Waals surface area contributed by atoms with Crippen LogP contribution in [0.1, 0.15) is 42.1 Å². The predicted molar refractivity (Wildman–Crippen MR) is 133 cm³/mol. The van der Waals surface area contributed by atoms with Crippen molar-refractivity contribution in [3.8, 4) is 6.07 Å². The summed E-state index contributed by atoms with van der Waals surface area (Å²) >= 11 is 0. The predicted octanol–water partition coefficient (Wildman–Crippen LogP) is 2.80. The summed E-state index contributed by atoms with van der Waals surface area (Å²) in [5, 5.41) is 26.9. The van der Waals surface area contributed by atoms with Crippen molar-refractivity contribution in [3.05, 3.63) is 41.8 Å². The first-order valence-corrected chi connectivity index (χ1v) is 12.4. The highest BCUT2D eigenvalue weighted by atomic mass is 19.1. The molecule has 2 fully saturated rings.